The van der Waals surface area contributed by atoms with E-state index in [9.17, 15) is 13.2 Å². The molecule has 1 aliphatic heterocycles. The average molecular weight is 397 g/mol. The highest BCUT2D eigenvalue weighted by atomic mass is 35.5. The highest BCUT2D eigenvalue weighted by molar-refractivity contribution is 7.91. The summed E-state index contributed by atoms with van der Waals surface area (Å²) in [7, 11) is -3.39. The van der Waals surface area contributed by atoms with Crippen molar-refractivity contribution in [3.05, 3.63) is 51.9 Å². The second-order valence-corrected chi connectivity index (χ2v) is 9.24. The molecule has 0 aliphatic carbocycles. The third-order valence-corrected chi connectivity index (χ3v) is 7.31. The van der Waals surface area contributed by atoms with Crippen LogP contribution >= 0.6 is 11.6 Å². The highest BCUT2D eigenvalue weighted by Crippen LogP contribution is 2.34. The third-order valence-electron chi connectivity index (χ3n) is 4.85. The second-order valence-electron chi connectivity index (χ2n) is 6.53. The molecule has 1 aromatic heterocycles. The first-order valence-corrected chi connectivity index (χ1v) is 10.5. The van der Waals surface area contributed by atoms with Gasteiger partial charge in [-0.25, -0.2) is 8.42 Å². The minimum Gasteiger partial charge on any atom is -0.361 e. The molecule has 2 heterocycles. The third kappa shape index (κ3) is 3.78. The number of sulfone groups is 1. The molecular formula is C18H21ClN2O4S. The summed E-state index contributed by atoms with van der Waals surface area (Å²) in [6.45, 7) is 4.12. The summed E-state index contributed by atoms with van der Waals surface area (Å²) >= 11 is 6.20. The molecule has 0 saturated carbocycles. The van der Waals surface area contributed by atoms with Crippen molar-refractivity contribution in [2.24, 2.45) is 0 Å². The van der Waals surface area contributed by atoms with Crippen LogP contribution in [0.4, 0.5) is 0 Å². The molecular weight excluding hydrogens is 376 g/mol. The zero-order valence-corrected chi connectivity index (χ0v) is 16.3. The first kappa shape index (κ1) is 18.9. The molecule has 0 unspecified atom stereocenters. The number of halogens is 1. The lowest BCUT2D eigenvalue weighted by Crippen LogP contribution is -2.34. The maximum atomic E-state index is 12.7. The van der Waals surface area contributed by atoms with E-state index in [1.165, 1.54) is 0 Å². The van der Waals surface area contributed by atoms with E-state index in [1.54, 1.807) is 43.0 Å². The lowest BCUT2D eigenvalue weighted by atomic mass is 10.1. The number of aryl methyl sites for hydroxylation is 2. The number of benzene rings is 1. The number of carbonyl (C=O) groups is 1. The molecule has 1 aromatic carbocycles. The monoisotopic (exact) mass is 396 g/mol. The van der Waals surface area contributed by atoms with Crippen molar-refractivity contribution in [1.82, 2.24) is 10.1 Å². The smallest absolute Gasteiger partial charge is 0.227 e. The topological polar surface area (TPSA) is 80.5 Å². The van der Waals surface area contributed by atoms with Crippen LogP contribution in [0.5, 0.6) is 0 Å². The lowest BCUT2D eigenvalue weighted by molar-refractivity contribution is -0.130. The van der Waals surface area contributed by atoms with E-state index in [0.717, 1.165) is 5.56 Å². The van der Waals surface area contributed by atoms with E-state index in [-0.39, 0.29) is 24.6 Å². The van der Waals surface area contributed by atoms with Gasteiger partial charge in [0.15, 0.2) is 9.84 Å². The number of hydrogen-bond donors (Lipinski definition) is 0. The molecule has 0 radical (unpaired) electrons. The molecule has 26 heavy (non-hydrogen) atoms. The summed E-state index contributed by atoms with van der Waals surface area (Å²) in [6.07, 6.45) is 0.497. The van der Waals surface area contributed by atoms with Crippen LogP contribution in [-0.4, -0.2) is 43.2 Å². The molecule has 3 rings (SSSR count). The molecule has 1 amide bonds. The second kappa shape index (κ2) is 7.40. The number of rotatable bonds is 3. The highest BCUT2D eigenvalue weighted by Gasteiger charge is 2.34. The predicted molar refractivity (Wildman–Crippen MR) is 98.9 cm³/mol. The minimum atomic E-state index is -3.39. The van der Waals surface area contributed by atoms with Crippen LogP contribution in [-0.2, 0) is 21.1 Å². The zero-order valence-electron chi connectivity index (χ0n) is 14.7. The molecule has 6 nitrogen and oxygen atoms in total. The van der Waals surface area contributed by atoms with Crippen LogP contribution < -0.4 is 0 Å². The van der Waals surface area contributed by atoms with E-state index in [1.807, 2.05) is 0 Å². The average Bonchev–Trinajstić information content (AvgIpc) is 2.81. The molecule has 1 aliphatic rings. The van der Waals surface area contributed by atoms with Gasteiger partial charge in [-0.1, -0.05) is 35.0 Å². The molecule has 0 bridgehead atoms. The SMILES string of the molecule is Cc1noc(C)c1CC(=O)N1CC[C@@H](c2ccccc2Cl)S(=O)(=O)CC1. The van der Waals surface area contributed by atoms with Crippen LogP contribution in [0.1, 0.15) is 34.3 Å². The van der Waals surface area contributed by atoms with Crippen molar-refractivity contribution >= 4 is 27.3 Å². The Morgan fingerprint density at radius 3 is 2.69 bits per heavy atom. The fraction of sp³-hybridized carbons (Fsp3) is 0.444. The van der Waals surface area contributed by atoms with Crippen molar-refractivity contribution in [2.45, 2.75) is 31.9 Å². The maximum Gasteiger partial charge on any atom is 0.227 e. The van der Waals surface area contributed by atoms with E-state index >= 15 is 0 Å². The summed E-state index contributed by atoms with van der Waals surface area (Å²) in [5.74, 6) is 0.428. The summed E-state index contributed by atoms with van der Waals surface area (Å²) in [4.78, 5) is 14.3. The first-order chi connectivity index (χ1) is 12.3. The van der Waals surface area contributed by atoms with Crippen LogP contribution in [0.15, 0.2) is 28.8 Å². The Morgan fingerprint density at radius 2 is 2.04 bits per heavy atom. The molecule has 140 valence electrons. The Bertz CT molecular complexity index is 904. The van der Waals surface area contributed by atoms with E-state index in [2.05, 4.69) is 5.16 Å². The Kier molecular flexibility index (Phi) is 5.39. The number of aromatic nitrogens is 1. The van der Waals surface area contributed by atoms with Crippen molar-refractivity contribution in [3.8, 4) is 0 Å². The van der Waals surface area contributed by atoms with Gasteiger partial charge in [0.05, 0.1) is 23.1 Å². The predicted octanol–water partition coefficient (Wildman–Crippen LogP) is 2.88. The Morgan fingerprint density at radius 1 is 1.31 bits per heavy atom. The fourth-order valence-corrected chi connectivity index (χ4v) is 5.44. The van der Waals surface area contributed by atoms with Crippen molar-refractivity contribution in [1.29, 1.82) is 0 Å². The molecule has 1 fully saturated rings. The lowest BCUT2D eigenvalue weighted by Gasteiger charge is -2.20. The molecule has 1 saturated heterocycles. The molecule has 0 spiro atoms. The number of amides is 1. The van der Waals surface area contributed by atoms with Gasteiger partial charge in [-0.2, -0.15) is 0 Å². The molecule has 2 aromatic rings. The fourth-order valence-electron chi connectivity index (χ4n) is 3.30. The molecule has 8 heteroatoms. The van der Waals surface area contributed by atoms with Crippen molar-refractivity contribution < 1.29 is 17.7 Å². The molecule has 1 atom stereocenters. The largest absolute Gasteiger partial charge is 0.361 e. The van der Waals surface area contributed by atoms with E-state index in [4.69, 9.17) is 16.1 Å². The van der Waals surface area contributed by atoms with Gasteiger partial charge in [0, 0.05) is 23.7 Å². The van der Waals surface area contributed by atoms with Gasteiger partial charge in [-0.05, 0) is 31.9 Å². The number of nitrogens with zero attached hydrogens (tertiary/aromatic N) is 2. The van der Waals surface area contributed by atoms with Crippen LogP contribution in [0.2, 0.25) is 5.02 Å². The summed E-state index contributed by atoms with van der Waals surface area (Å²) < 4.78 is 30.6. The van der Waals surface area contributed by atoms with Crippen LogP contribution in [0, 0.1) is 13.8 Å². The van der Waals surface area contributed by atoms with Gasteiger partial charge in [0.25, 0.3) is 0 Å². The Labute approximate surface area is 158 Å². The van der Waals surface area contributed by atoms with Gasteiger partial charge in [0.2, 0.25) is 5.91 Å². The van der Waals surface area contributed by atoms with Gasteiger partial charge in [-0.3, -0.25) is 4.79 Å². The zero-order chi connectivity index (χ0) is 18.9. The van der Waals surface area contributed by atoms with Crippen molar-refractivity contribution in [2.75, 3.05) is 18.8 Å². The minimum absolute atomic E-state index is 0.0732. The summed E-state index contributed by atoms with van der Waals surface area (Å²) in [5, 5.41) is 3.62. The van der Waals surface area contributed by atoms with Crippen LogP contribution in [0.25, 0.3) is 0 Å². The van der Waals surface area contributed by atoms with Gasteiger partial charge >= 0.3 is 0 Å². The van der Waals surface area contributed by atoms with E-state index in [0.29, 0.717) is 35.0 Å². The summed E-state index contributed by atoms with van der Waals surface area (Å²) in [6, 6.07) is 6.99. The van der Waals surface area contributed by atoms with E-state index < -0.39 is 15.1 Å². The maximum absolute atomic E-state index is 12.7. The quantitative estimate of drug-likeness (QED) is 0.796. The van der Waals surface area contributed by atoms with Gasteiger partial charge in [0.1, 0.15) is 5.76 Å². The number of hydrogen-bond acceptors (Lipinski definition) is 5. The Hall–Kier alpha value is -1.86. The standard InChI is InChI=1S/C18H21ClN2O4S/c1-12-15(13(2)25-20-12)11-18(22)21-8-7-17(26(23,24)10-9-21)14-5-3-4-6-16(14)19/h3-6,17H,7-11H2,1-2H3/t17-/m0/s1. The molecule has 0 N–H and O–H groups in total. The number of carbonyl (C=O) groups excluding carboxylic acids is 1. The van der Waals surface area contributed by atoms with Crippen LogP contribution in [0.3, 0.4) is 0 Å². The first-order valence-electron chi connectivity index (χ1n) is 8.45. The Balaban J connectivity index is 1.78. The van der Waals surface area contributed by atoms with Crippen molar-refractivity contribution in [3.63, 3.8) is 0 Å². The normalized spacial score (nSPS) is 20.0. The van der Waals surface area contributed by atoms with Gasteiger partial charge in [-0.15, -0.1) is 0 Å². The van der Waals surface area contributed by atoms with Gasteiger partial charge < -0.3 is 9.42 Å². The summed E-state index contributed by atoms with van der Waals surface area (Å²) in [5.41, 5.74) is 2.06.